The van der Waals surface area contributed by atoms with Gasteiger partial charge in [0.15, 0.2) is 5.65 Å². The number of amides is 1. The zero-order valence-corrected chi connectivity index (χ0v) is 17.5. The Morgan fingerprint density at radius 1 is 1.19 bits per heavy atom. The Balaban J connectivity index is 1.77. The van der Waals surface area contributed by atoms with Gasteiger partial charge in [-0.15, -0.1) is 0 Å². The summed E-state index contributed by atoms with van der Waals surface area (Å²) < 4.78 is 53.3. The Morgan fingerprint density at radius 2 is 1.94 bits per heavy atom. The highest BCUT2D eigenvalue weighted by molar-refractivity contribution is 5.96. The number of rotatable bonds is 3. The first-order chi connectivity index (χ1) is 15.1. The van der Waals surface area contributed by atoms with Crippen LogP contribution in [0, 0.1) is 11.7 Å². The van der Waals surface area contributed by atoms with Crippen molar-refractivity contribution in [2.75, 3.05) is 14.1 Å². The lowest BCUT2D eigenvalue weighted by atomic mass is 9.82. The van der Waals surface area contributed by atoms with Gasteiger partial charge in [0.05, 0.1) is 11.3 Å². The number of allylic oxidation sites excluding steroid dienone is 2. The summed E-state index contributed by atoms with van der Waals surface area (Å²) in [4.78, 5) is 18.2. The fourth-order valence-electron chi connectivity index (χ4n) is 3.77. The van der Waals surface area contributed by atoms with E-state index in [9.17, 15) is 22.4 Å². The summed E-state index contributed by atoms with van der Waals surface area (Å²) in [5.41, 5.74) is 0.805. The fraction of sp³-hybridized carbons (Fsp3) is 0.261. The van der Waals surface area contributed by atoms with Gasteiger partial charge in [0.25, 0.3) is 5.91 Å². The summed E-state index contributed by atoms with van der Waals surface area (Å²) in [6, 6.07) is 4.16. The monoisotopic (exact) mass is 444 g/mol. The molecule has 2 unspecified atom stereocenters. The van der Waals surface area contributed by atoms with Crippen LogP contribution >= 0.6 is 0 Å². The Labute approximate surface area is 181 Å². The van der Waals surface area contributed by atoms with Crippen molar-refractivity contribution in [3.63, 3.8) is 0 Å². The highest BCUT2D eigenvalue weighted by atomic mass is 19.4. The van der Waals surface area contributed by atoms with Crippen LogP contribution in [0.25, 0.3) is 22.3 Å². The third-order valence-electron chi connectivity index (χ3n) is 5.54. The molecule has 0 fully saturated rings. The first-order valence-corrected chi connectivity index (χ1v) is 9.89. The Bertz CT molecular complexity index is 1260. The van der Waals surface area contributed by atoms with Gasteiger partial charge in [-0.3, -0.25) is 9.89 Å². The average molecular weight is 444 g/mol. The summed E-state index contributed by atoms with van der Waals surface area (Å²) in [7, 11) is 3.35. The summed E-state index contributed by atoms with van der Waals surface area (Å²) >= 11 is 0. The standard InChI is InChI=1S/C23H20F4N4O/c1-12-4-5-13(22(32)31(2)3)8-17(12)14-9-18-20(29-30-21(18)28-11-14)16-7-6-15(10-19(16)24)23(25,26)27/h4-12,17H,1-3H3,(H,28,29,30). The minimum Gasteiger partial charge on any atom is -0.345 e. The van der Waals surface area contributed by atoms with Crippen molar-refractivity contribution < 1.29 is 22.4 Å². The van der Waals surface area contributed by atoms with Crippen LogP contribution in [-0.4, -0.2) is 40.1 Å². The third kappa shape index (κ3) is 3.90. The molecule has 0 saturated heterocycles. The maximum Gasteiger partial charge on any atom is 0.416 e. The summed E-state index contributed by atoms with van der Waals surface area (Å²) in [6.07, 6.45) is 2.61. The molecule has 9 heteroatoms. The number of carbonyl (C=O) groups is 1. The number of aromatic nitrogens is 3. The minimum absolute atomic E-state index is 0.0324. The fourth-order valence-corrected chi connectivity index (χ4v) is 3.77. The van der Waals surface area contributed by atoms with E-state index in [1.54, 1.807) is 32.4 Å². The topological polar surface area (TPSA) is 61.9 Å². The molecule has 1 amide bonds. The number of nitrogens with zero attached hydrogens (tertiary/aromatic N) is 3. The van der Waals surface area contributed by atoms with Gasteiger partial charge in [-0.1, -0.05) is 25.2 Å². The van der Waals surface area contributed by atoms with E-state index in [2.05, 4.69) is 15.2 Å². The van der Waals surface area contributed by atoms with Crippen molar-refractivity contribution in [2.45, 2.75) is 19.0 Å². The van der Waals surface area contributed by atoms with Crippen LogP contribution in [-0.2, 0) is 11.0 Å². The van der Waals surface area contributed by atoms with Crippen molar-refractivity contribution in [2.24, 2.45) is 5.92 Å². The molecule has 2 aromatic heterocycles. The quantitative estimate of drug-likeness (QED) is 0.573. The third-order valence-corrected chi connectivity index (χ3v) is 5.54. The van der Waals surface area contributed by atoms with E-state index in [-0.39, 0.29) is 29.0 Å². The average Bonchev–Trinajstić information content (AvgIpc) is 3.15. The Hall–Kier alpha value is -3.49. The van der Waals surface area contributed by atoms with Crippen LogP contribution in [0.1, 0.15) is 24.0 Å². The smallest absolute Gasteiger partial charge is 0.345 e. The van der Waals surface area contributed by atoms with Gasteiger partial charge in [-0.25, -0.2) is 9.37 Å². The van der Waals surface area contributed by atoms with Crippen molar-refractivity contribution in [1.29, 1.82) is 0 Å². The first-order valence-electron chi connectivity index (χ1n) is 9.89. The molecule has 1 N–H and O–H groups in total. The number of fused-ring (bicyclic) bond motifs is 1. The zero-order chi connectivity index (χ0) is 23.2. The number of H-pyrrole nitrogens is 1. The van der Waals surface area contributed by atoms with Crippen LogP contribution in [0.2, 0.25) is 0 Å². The normalized spacial score (nSPS) is 18.7. The molecule has 1 aliphatic carbocycles. The number of aromatic amines is 1. The second kappa shape index (κ2) is 7.89. The maximum absolute atomic E-state index is 14.6. The van der Waals surface area contributed by atoms with Gasteiger partial charge < -0.3 is 4.90 Å². The van der Waals surface area contributed by atoms with E-state index in [4.69, 9.17) is 0 Å². The second-order valence-electron chi connectivity index (χ2n) is 8.00. The number of pyridine rings is 1. The number of likely N-dealkylation sites (N-methyl/N-ethyl adjacent to an activating group) is 1. The van der Waals surface area contributed by atoms with Gasteiger partial charge in [0, 0.05) is 42.7 Å². The SMILES string of the molecule is CC1C=CC(C(=O)N(C)C)=CC1c1cnc2n[nH]c(-c3ccc(C(F)(F)F)cc3F)c2c1. The van der Waals surface area contributed by atoms with Crippen LogP contribution in [0.15, 0.2) is 54.3 Å². The van der Waals surface area contributed by atoms with Crippen LogP contribution in [0.5, 0.6) is 0 Å². The van der Waals surface area contributed by atoms with Gasteiger partial charge in [-0.05, 0) is 35.7 Å². The molecular weight excluding hydrogens is 424 g/mol. The molecular formula is C23H20F4N4O. The van der Waals surface area contributed by atoms with Crippen molar-refractivity contribution >= 4 is 16.9 Å². The molecule has 0 radical (unpaired) electrons. The number of carbonyl (C=O) groups excluding carboxylic acids is 1. The number of hydrogen-bond donors (Lipinski definition) is 1. The number of nitrogens with one attached hydrogen (secondary N) is 1. The lowest BCUT2D eigenvalue weighted by Gasteiger charge is -2.24. The molecule has 32 heavy (non-hydrogen) atoms. The number of halogens is 4. The molecule has 1 aromatic carbocycles. The molecule has 166 valence electrons. The summed E-state index contributed by atoms with van der Waals surface area (Å²) in [5, 5.41) is 7.24. The van der Waals surface area contributed by atoms with Gasteiger partial charge in [0.2, 0.25) is 0 Å². The highest BCUT2D eigenvalue weighted by Crippen LogP contribution is 2.37. The molecule has 4 rings (SSSR count). The molecule has 2 atom stereocenters. The molecule has 0 spiro atoms. The minimum atomic E-state index is -4.64. The van der Waals surface area contributed by atoms with Crippen LogP contribution < -0.4 is 0 Å². The molecule has 2 heterocycles. The number of alkyl halides is 3. The molecule has 0 saturated carbocycles. The molecule has 5 nitrogen and oxygen atoms in total. The van der Waals surface area contributed by atoms with E-state index in [1.165, 1.54) is 4.90 Å². The summed E-state index contributed by atoms with van der Waals surface area (Å²) in [5.74, 6) is -1.21. The van der Waals surface area contributed by atoms with E-state index in [0.29, 0.717) is 22.7 Å². The number of benzene rings is 1. The van der Waals surface area contributed by atoms with E-state index in [0.717, 1.165) is 17.7 Å². The van der Waals surface area contributed by atoms with Gasteiger partial charge in [0.1, 0.15) is 5.82 Å². The first kappa shape index (κ1) is 21.7. The van der Waals surface area contributed by atoms with Gasteiger partial charge >= 0.3 is 6.18 Å². The maximum atomic E-state index is 14.6. The Kier molecular flexibility index (Phi) is 5.36. The van der Waals surface area contributed by atoms with Crippen molar-refractivity contribution in [3.8, 4) is 11.3 Å². The molecule has 1 aliphatic rings. The number of hydrogen-bond acceptors (Lipinski definition) is 3. The predicted molar refractivity (Wildman–Crippen MR) is 112 cm³/mol. The van der Waals surface area contributed by atoms with E-state index >= 15 is 0 Å². The van der Waals surface area contributed by atoms with Crippen molar-refractivity contribution in [1.82, 2.24) is 20.1 Å². The molecule has 3 aromatic rings. The van der Waals surface area contributed by atoms with Gasteiger partial charge in [-0.2, -0.15) is 18.3 Å². The molecule has 0 bridgehead atoms. The summed E-state index contributed by atoms with van der Waals surface area (Å²) in [6.45, 7) is 2.00. The van der Waals surface area contributed by atoms with Crippen LogP contribution in [0.3, 0.4) is 0 Å². The van der Waals surface area contributed by atoms with Crippen molar-refractivity contribution in [3.05, 3.63) is 71.2 Å². The molecule has 0 aliphatic heterocycles. The Morgan fingerprint density at radius 3 is 2.59 bits per heavy atom. The second-order valence-corrected chi connectivity index (χ2v) is 8.00. The highest BCUT2D eigenvalue weighted by Gasteiger charge is 2.31. The predicted octanol–water partition coefficient (Wildman–Crippen LogP) is 5.09. The largest absolute Gasteiger partial charge is 0.416 e. The van der Waals surface area contributed by atoms with E-state index < -0.39 is 17.6 Å². The zero-order valence-electron chi connectivity index (χ0n) is 17.5. The van der Waals surface area contributed by atoms with E-state index in [1.807, 2.05) is 19.1 Å². The lowest BCUT2D eigenvalue weighted by Crippen LogP contribution is -2.25. The van der Waals surface area contributed by atoms with Crippen LogP contribution in [0.4, 0.5) is 17.6 Å². The lowest BCUT2D eigenvalue weighted by molar-refractivity contribution is -0.137.